The van der Waals surface area contributed by atoms with Gasteiger partial charge in [-0.2, -0.15) is 0 Å². The number of nitrogens with zero attached hydrogens (tertiary/aromatic N) is 3. The highest BCUT2D eigenvalue weighted by atomic mass is 16.4. The van der Waals surface area contributed by atoms with Crippen molar-refractivity contribution in [3.8, 4) is 0 Å². The topological polar surface area (TPSA) is 109 Å². The van der Waals surface area contributed by atoms with E-state index in [0.717, 1.165) is 12.8 Å². The van der Waals surface area contributed by atoms with E-state index < -0.39 is 5.97 Å². The van der Waals surface area contributed by atoms with Crippen LogP contribution in [0.1, 0.15) is 30.3 Å². The predicted molar refractivity (Wildman–Crippen MR) is 63.3 cm³/mol. The van der Waals surface area contributed by atoms with Crippen molar-refractivity contribution in [3.63, 3.8) is 0 Å². The van der Waals surface area contributed by atoms with Crippen LogP contribution in [0.4, 0.5) is 4.79 Å². The zero-order chi connectivity index (χ0) is 13.4. The summed E-state index contributed by atoms with van der Waals surface area (Å²) in [5.41, 5.74) is -0.109. The number of amides is 2. The van der Waals surface area contributed by atoms with E-state index in [2.05, 4.69) is 20.9 Å². The van der Waals surface area contributed by atoms with Crippen LogP contribution in [0.15, 0.2) is 6.20 Å². The number of carboxylic acids is 1. The number of aromatic carboxylic acids is 1. The third-order valence-corrected chi connectivity index (χ3v) is 2.20. The first kappa shape index (κ1) is 13.9. The van der Waals surface area contributed by atoms with Gasteiger partial charge in [0.2, 0.25) is 0 Å². The van der Waals surface area contributed by atoms with E-state index >= 15 is 0 Å². The first-order valence-electron chi connectivity index (χ1n) is 5.78. The molecule has 1 rings (SSSR count). The first-order valence-corrected chi connectivity index (χ1v) is 5.78. The molecule has 8 heteroatoms. The summed E-state index contributed by atoms with van der Waals surface area (Å²) in [5, 5.41) is 21.1. The zero-order valence-electron chi connectivity index (χ0n) is 10.2. The molecule has 18 heavy (non-hydrogen) atoms. The third kappa shape index (κ3) is 4.81. The molecule has 0 fully saturated rings. The van der Waals surface area contributed by atoms with Crippen molar-refractivity contribution in [3.05, 3.63) is 11.9 Å². The lowest BCUT2D eigenvalue weighted by atomic mass is 10.3. The van der Waals surface area contributed by atoms with E-state index in [0.29, 0.717) is 19.6 Å². The Labute approximate surface area is 104 Å². The molecule has 1 aromatic heterocycles. The van der Waals surface area contributed by atoms with Gasteiger partial charge in [0.1, 0.15) is 0 Å². The SMILES string of the molecule is CCCCNC(=O)NCCn1cc(C(=O)O)nn1. The Morgan fingerprint density at radius 1 is 1.39 bits per heavy atom. The van der Waals surface area contributed by atoms with Crippen molar-refractivity contribution in [2.24, 2.45) is 0 Å². The maximum Gasteiger partial charge on any atom is 0.358 e. The molecule has 0 aromatic carbocycles. The number of nitrogens with one attached hydrogen (secondary N) is 2. The van der Waals surface area contributed by atoms with Crippen LogP contribution in [-0.2, 0) is 6.54 Å². The molecule has 1 aromatic rings. The fourth-order valence-electron chi connectivity index (χ4n) is 1.23. The quantitative estimate of drug-likeness (QED) is 0.597. The van der Waals surface area contributed by atoms with Gasteiger partial charge in [0.25, 0.3) is 0 Å². The standard InChI is InChI=1S/C10H17N5O3/c1-2-3-4-11-10(18)12-5-6-15-7-8(9(16)17)13-14-15/h7H,2-6H2,1H3,(H,16,17)(H2,11,12,18). The van der Waals surface area contributed by atoms with Gasteiger partial charge < -0.3 is 15.7 Å². The summed E-state index contributed by atoms with van der Waals surface area (Å²) in [6, 6.07) is -0.234. The zero-order valence-corrected chi connectivity index (χ0v) is 10.2. The second-order valence-corrected chi connectivity index (χ2v) is 3.71. The number of carbonyl (C=O) groups excluding carboxylic acids is 1. The lowest BCUT2D eigenvalue weighted by Crippen LogP contribution is -2.37. The molecule has 8 nitrogen and oxygen atoms in total. The molecule has 0 unspecified atom stereocenters. The van der Waals surface area contributed by atoms with Gasteiger partial charge in [0.15, 0.2) is 5.69 Å². The predicted octanol–water partition coefficient (Wildman–Crippen LogP) is 0.0756. The highest BCUT2D eigenvalue weighted by Crippen LogP contribution is 1.91. The molecule has 0 aliphatic carbocycles. The van der Waals surface area contributed by atoms with Gasteiger partial charge in [0, 0.05) is 13.1 Å². The summed E-state index contributed by atoms with van der Waals surface area (Å²) in [6.45, 7) is 3.43. The third-order valence-electron chi connectivity index (χ3n) is 2.20. The summed E-state index contributed by atoms with van der Waals surface area (Å²) in [6.07, 6.45) is 3.29. The smallest absolute Gasteiger partial charge is 0.358 e. The minimum absolute atomic E-state index is 0.109. The van der Waals surface area contributed by atoms with Crippen molar-refractivity contribution in [1.29, 1.82) is 0 Å². The van der Waals surface area contributed by atoms with Crippen LogP contribution in [0.2, 0.25) is 0 Å². The second kappa shape index (κ2) is 7.25. The Balaban J connectivity index is 2.20. The number of rotatable bonds is 7. The molecule has 0 radical (unpaired) electrons. The van der Waals surface area contributed by atoms with Crippen LogP contribution in [0.3, 0.4) is 0 Å². The number of carbonyl (C=O) groups is 2. The number of hydrogen-bond donors (Lipinski definition) is 3. The van der Waals surface area contributed by atoms with E-state index in [1.54, 1.807) is 0 Å². The van der Waals surface area contributed by atoms with Gasteiger partial charge in [-0.3, -0.25) is 0 Å². The first-order chi connectivity index (χ1) is 8.63. The number of urea groups is 1. The molecule has 0 atom stereocenters. The van der Waals surface area contributed by atoms with E-state index in [9.17, 15) is 9.59 Å². The number of carboxylic acid groups (broad SMARTS) is 1. The van der Waals surface area contributed by atoms with Gasteiger partial charge in [-0.05, 0) is 6.42 Å². The maximum absolute atomic E-state index is 11.3. The monoisotopic (exact) mass is 255 g/mol. The van der Waals surface area contributed by atoms with E-state index in [4.69, 9.17) is 5.11 Å². The number of unbranched alkanes of at least 4 members (excludes halogenated alkanes) is 1. The van der Waals surface area contributed by atoms with Crippen molar-refractivity contribution in [2.75, 3.05) is 13.1 Å². The molecule has 0 aliphatic heterocycles. The summed E-state index contributed by atoms with van der Waals surface area (Å²) < 4.78 is 1.37. The molecule has 100 valence electrons. The van der Waals surface area contributed by atoms with Gasteiger partial charge in [-0.25, -0.2) is 14.3 Å². The summed E-state index contributed by atoms with van der Waals surface area (Å²) >= 11 is 0. The second-order valence-electron chi connectivity index (χ2n) is 3.71. The summed E-state index contributed by atoms with van der Waals surface area (Å²) in [5.74, 6) is -1.12. The summed E-state index contributed by atoms with van der Waals surface area (Å²) in [7, 11) is 0. The van der Waals surface area contributed by atoms with E-state index in [1.165, 1.54) is 10.9 Å². The Morgan fingerprint density at radius 3 is 2.72 bits per heavy atom. The van der Waals surface area contributed by atoms with E-state index in [1.807, 2.05) is 6.92 Å². The fraction of sp³-hybridized carbons (Fsp3) is 0.600. The Hall–Kier alpha value is -2.12. The molecule has 2 amide bonds. The Kier molecular flexibility index (Phi) is 5.62. The van der Waals surface area contributed by atoms with Gasteiger partial charge in [0.05, 0.1) is 12.7 Å². The molecule has 0 aliphatic rings. The molecular formula is C10H17N5O3. The van der Waals surface area contributed by atoms with Crippen molar-refractivity contribution < 1.29 is 14.7 Å². The molecule has 0 saturated heterocycles. The maximum atomic E-state index is 11.3. The van der Waals surface area contributed by atoms with Crippen molar-refractivity contribution >= 4 is 12.0 Å². The number of aromatic nitrogens is 3. The minimum atomic E-state index is -1.12. The highest BCUT2D eigenvalue weighted by molar-refractivity contribution is 5.84. The van der Waals surface area contributed by atoms with Gasteiger partial charge in [-0.1, -0.05) is 18.6 Å². The normalized spacial score (nSPS) is 10.1. The molecule has 0 bridgehead atoms. The van der Waals surface area contributed by atoms with E-state index in [-0.39, 0.29) is 11.7 Å². The Morgan fingerprint density at radius 2 is 2.11 bits per heavy atom. The number of hydrogen-bond acceptors (Lipinski definition) is 4. The van der Waals surface area contributed by atoms with Crippen molar-refractivity contribution in [2.45, 2.75) is 26.3 Å². The van der Waals surface area contributed by atoms with Crippen molar-refractivity contribution in [1.82, 2.24) is 25.6 Å². The summed E-state index contributed by atoms with van der Waals surface area (Å²) in [4.78, 5) is 21.8. The molecule has 3 N–H and O–H groups in total. The fourth-order valence-corrected chi connectivity index (χ4v) is 1.23. The molecule has 0 saturated carbocycles. The molecular weight excluding hydrogens is 238 g/mol. The van der Waals surface area contributed by atoms with Crippen LogP contribution in [-0.4, -0.2) is 45.2 Å². The van der Waals surface area contributed by atoms with Crippen LogP contribution in [0.25, 0.3) is 0 Å². The average Bonchev–Trinajstić information content (AvgIpc) is 2.78. The van der Waals surface area contributed by atoms with Gasteiger partial charge in [-0.15, -0.1) is 5.10 Å². The highest BCUT2D eigenvalue weighted by Gasteiger charge is 2.07. The molecule has 0 spiro atoms. The minimum Gasteiger partial charge on any atom is -0.476 e. The average molecular weight is 255 g/mol. The largest absolute Gasteiger partial charge is 0.476 e. The van der Waals surface area contributed by atoms with Crippen LogP contribution >= 0.6 is 0 Å². The molecule has 1 heterocycles. The van der Waals surface area contributed by atoms with Gasteiger partial charge >= 0.3 is 12.0 Å². The van der Waals surface area contributed by atoms with Crippen LogP contribution < -0.4 is 10.6 Å². The lowest BCUT2D eigenvalue weighted by molar-refractivity contribution is 0.0690. The lowest BCUT2D eigenvalue weighted by Gasteiger charge is -2.06. The Bertz CT molecular complexity index is 404. The van der Waals surface area contributed by atoms with Crippen LogP contribution in [0.5, 0.6) is 0 Å². The van der Waals surface area contributed by atoms with Crippen LogP contribution in [0, 0.1) is 0 Å².